The van der Waals surface area contributed by atoms with E-state index in [1.165, 1.54) is 0 Å². The summed E-state index contributed by atoms with van der Waals surface area (Å²) in [5, 5.41) is 4.43. The number of pyridine rings is 1. The number of hydrogen-bond donors (Lipinski definition) is 1. The lowest BCUT2D eigenvalue weighted by atomic mass is 10.1. The molecule has 0 fully saturated rings. The highest BCUT2D eigenvalue weighted by Crippen LogP contribution is 2.25. The van der Waals surface area contributed by atoms with Crippen molar-refractivity contribution in [1.82, 2.24) is 24.7 Å². The van der Waals surface area contributed by atoms with Crippen molar-refractivity contribution in [2.24, 2.45) is 5.92 Å². The molecule has 0 unspecified atom stereocenters. The number of aromatic amines is 1. The third-order valence-corrected chi connectivity index (χ3v) is 3.81. The molecular weight excluding hydrogens is 266 g/mol. The van der Waals surface area contributed by atoms with Gasteiger partial charge in [0.1, 0.15) is 11.3 Å². The van der Waals surface area contributed by atoms with Crippen LogP contribution in [0.25, 0.3) is 22.6 Å². The summed E-state index contributed by atoms with van der Waals surface area (Å²) in [5.74, 6) is 1.88. The minimum Gasteiger partial charge on any atom is -0.481 e. The van der Waals surface area contributed by atoms with Gasteiger partial charge < -0.3 is 9.72 Å². The minimum atomic E-state index is 0.299. The monoisotopic (exact) mass is 285 g/mol. The van der Waals surface area contributed by atoms with E-state index in [1.807, 2.05) is 23.0 Å². The molecule has 0 aliphatic heterocycles. The second kappa shape index (κ2) is 5.20. The zero-order valence-corrected chi connectivity index (χ0v) is 12.7. The highest BCUT2D eigenvalue weighted by Gasteiger charge is 2.17. The summed E-state index contributed by atoms with van der Waals surface area (Å²) in [6.45, 7) is 6.51. The van der Waals surface area contributed by atoms with Gasteiger partial charge in [-0.1, -0.05) is 13.8 Å². The molecule has 0 aliphatic rings. The summed E-state index contributed by atoms with van der Waals surface area (Å²) in [4.78, 5) is 12.2. The number of rotatable bonds is 4. The summed E-state index contributed by atoms with van der Waals surface area (Å²) in [7, 11) is 1.60. The third kappa shape index (κ3) is 2.37. The lowest BCUT2D eigenvalue weighted by molar-refractivity contribution is 0.384. The lowest BCUT2D eigenvalue weighted by Crippen LogP contribution is -2.12. The van der Waals surface area contributed by atoms with Crippen LogP contribution < -0.4 is 4.74 Å². The molecule has 0 saturated heterocycles. The van der Waals surface area contributed by atoms with Crippen LogP contribution in [-0.2, 0) is 0 Å². The summed E-state index contributed by atoms with van der Waals surface area (Å²) in [6.07, 6.45) is 3.57. The van der Waals surface area contributed by atoms with Crippen LogP contribution in [-0.4, -0.2) is 31.8 Å². The predicted octanol–water partition coefficient (Wildman–Crippen LogP) is 3.05. The number of H-pyrrole nitrogens is 1. The zero-order chi connectivity index (χ0) is 15.0. The molecule has 6 heteroatoms. The average Bonchev–Trinajstić information content (AvgIpc) is 3.06. The number of aromatic nitrogens is 5. The fourth-order valence-corrected chi connectivity index (χ4v) is 2.18. The molecule has 6 nitrogen and oxygen atoms in total. The van der Waals surface area contributed by atoms with Gasteiger partial charge in [-0.2, -0.15) is 5.10 Å². The van der Waals surface area contributed by atoms with Crippen LogP contribution in [0.1, 0.15) is 26.8 Å². The van der Waals surface area contributed by atoms with Gasteiger partial charge in [0.2, 0.25) is 5.88 Å². The van der Waals surface area contributed by atoms with Gasteiger partial charge in [-0.3, -0.25) is 0 Å². The molecule has 1 N–H and O–H groups in total. The molecule has 3 aromatic heterocycles. The molecule has 0 saturated carbocycles. The Hall–Kier alpha value is -2.37. The van der Waals surface area contributed by atoms with Gasteiger partial charge in [-0.05, 0) is 18.9 Å². The van der Waals surface area contributed by atoms with Gasteiger partial charge in [-0.15, -0.1) is 0 Å². The Bertz CT molecular complexity index is 741. The number of ether oxygens (including phenoxy) is 1. The predicted molar refractivity (Wildman–Crippen MR) is 81.2 cm³/mol. The van der Waals surface area contributed by atoms with Crippen LogP contribution in [0.15, 0.2) is 24.5 Å². The van der Waals surface area contributed by atoms with E-state index in [9.17, 15) is 0 Å². The Morgan fingerprint density at radius 2 is 2.00 bits per heavy atom. The Kier molecular flexibility index (Phi) is 3.37. The van der Waals surface area contributed by atoms with Gasteiger partial charge in [-0.25, -0.2) is 14.6 Å². The smallest absolute Gasteiger partial charge is 0.212 e. The van der Waals surface area contributed by atoms with Crippen molar-refractivity contribution in [3.05, 3.63) is 24.5 Å². The molecule has 3 heterocycles. The molecule has 21 heavy (non-hydrogen) atoms. The SMILES string of the molecule is COc1ccc(-c2nc3c(cnn3[C@H](C)C(C)C)[nH]2)cn1. The topological polar surface area (TPSA) is 68.6 Å². The summed E-state index contributed by atoms with van der Waals surface area (Å²) < 4.78 is 7.04. The van der Waals surface area contributed by atoms with Crippen molar-refractivity contribution in [3.8, 4) is 17.3 Å². The normalized spacial score (nSPS) is 13.0. The lowest BCUT2D eigenvalue weighted by Gasteiger charge is -2.15. The van der Waals surface area contributed by atoms with Gasteiger partial charge in [0.15, 0.2) is 5.65 Å². The van der Waals surface area contributed by atoms with E-state index < -0.39 is 0 Å². The van der Waals surface area contributed by atoms with E-state index in [0.717, 1.165) is 22.6 Å². The molecular formula is C15H19N5O. The van der Waals surface area contributed by atoms with Crippen molar-refractivity contribution < 1.29 is 4.74 Å². The summed E-state index contributed by atoms with van der Waals surface area (Å²) >= 11 is 0. The second-order valence-corrected chi connectivity index (χ2v) is 5.49. The zero-order valence-electron chi connectivity index (χ0n) is 12.7. The molecule has 0 aromatic carbocycles. The highest BCUT2D eigenvalue weighted by atomic mass is 16.5. The molecule has 1 atom stereocenters. The van der Waals surface area contributed by atoms with E-state index in [0.29, 0.717) is 17.8 Å². The first-order valence-electron chi connectivity index (χ1n) is 7.03. The number of methoxy groups -OCH3 is 1. The Balaban J connectivity index is 2.01. The van der Waals surface area contributed by atoms with E-state index >= 15 is 0 Å². The van der Waals surface area contributed by atoms with E-state index in [4.69, 9.17) is 4.74 Å². The minimum absolute atomic E-state index is 0.299. The van der Waals surface area contributed by atoms with Crippen LogP contribution in [0.2, 0.25) is 0 Å². The van der Waals surface area contributed by atoms with Crippen molar-refractivity contribution in [2.45, 2.75) is 26.8 Å². The second-order valence-electron chi connectivity index (χ2n) is 5.49. The molecule has 0 radical (unpaired) electrons. The Morgan fingerprint density at radius 1 is 1.19 bits per heavy atom. The standard InChI is InChI=1S/C15H19N5O/c1-9(2)10(3)20-15-12(8-17-20)18-14(19-15)11-5-6-13(21-4)16-7-11/h5-10H,1-4H3,(H,18,19)/t10-/m1/s1. The maximum atomic E-state index is 5.07. The molecule has 0 spiro atoms. The number of nitrogens with zero attached hydrogens (tertiary/aromatic N) is 4. The van der Waals surface area contributed by atoms with Crippen LogP contribution in [0.5, 0.6) is 5.88 Å². The van der Waals surface area contributed by atoms with Crippen molar-refractivity contribution in [2.75, 3.05) is 7.11 Å². The number of imidazole rings is 1. The highest BCUT2D eigenvalue weighted by molar-refractivity contribution is 5.75. The van der Waals surface area contributed by atoms with Crippen LogP contribution >= 0.6 is 0 Å². The first kappa shape index (κ1) is 13.6. The van der Waals surface area contributed by atoms with Crippen molar-refractivity contribution >= 4 is 11.2 Å². The molecule has 3 rings (SSSR count). The quantitative estimate of drug-likeness (QED) is 0.800. The van der Waals surface area contributed by atoms with E-state index in [1.54, 1.807) is 13.3 Å². The first-order valence-corrected chi connectivity index (χ1v) is 7.03. The molecule has 110 valence electrons. The number of nitrogens with one attached hydrogen (secondary N) is 1. The number of fused-ring (bicyclic) bond motifs is 1. The van der Waals surface area contributed by atoms with Crippen LogP contribution in [0.3, 0.4) is 0 Å². The maximum Gasteiger partial charge on any atom is 0.212 e. The summed E-state index contributed by atoms with van der Waals surface area (Å²) in [6, 6.07) is 4.06. The molecule has 3 aromatic rings. The summed E-state index contributed by atoms with van der Waals surface area (Å²) in [5.41, 5.74) is 2.74. The van der Waals surface area contributed by atoms with Gasteiger partial charge in [0.05, 0.1) is 19.3 Å². The fourth-order valence-electron chi connectivity index (χ4n) is 2.18. The molecule has 0 bridgehead atoms. The molecule has 0 aliphatic carbocycles. The van der Waals surface area contributed by atoms with E-state index in [2.05, 4.69) is 40.8 Å². The van der Waals surface area contributed by atoms with Crippen LogP contribution in [0.4, 0.5) is 0 Å². The average molecular weight is 285 g/mol. The fraction of sp³-hybridized carbons (Fsp3) is 0.400. The molecule has 0 amide bonds. The van der Waals surface area contributed by atoms with Gasteiger partial charge in [0, 0.05) is 17.8 Å². The van der Waals surface area contributed by atoms with Gasteiger partial charge >= 0.3 is 0 Å². The maximum absolute atomic E-state index is 5.07. The van der Waals surface area contributed by atoms with Crippen molar-refractivity contribution in [1.29, 1.82) is 0 Å². The Labute approximate surface area is 123 Å². The van der Waals surface area contributed by atoms with Crippen molar-refractivity contribution in [3.63, 3.8) is 0 Å². The van der Waals surface area contributed by atoms with E-state index in [-0.39, 0.29) is 0 Å². The Morgan fingerprint density at radius 3 is 2.62 bits per heavy atom. The number of hydrogen-bond acceptors (Lipinski definition) is 4. The largest absolute Gasteiger partial charge is 0.481 e. The third-order valence-electron chi connectivity index (χ3n) is 3.81. The van der Waals surface area contributed by atoms with Crippen LogP contribution in [0, 0.1) is 5.92 Å². The first-order chi connectivity index (χ1) is 10.1. The van der Waals surface area contributed by atoms with Gasteiger partial charge in [0.25, 0.3) is 0 Å².